The molecule has 3 heterocycles. The van der Waals surface area contributed by atoms with Crippen LogP contribution in [0.1, 0.15) is 12.5 Å². The SMILES string of the molecule is CCS(=O)(=O)N1CCN(c2ccc3nc(-c4ccc(OCc5ccccc5)c(Br)c4)[nH]c3n2)CC1. The summed E-state index contributed by atoms with van der Waals surface area (Å²) in [5, 5.41) is 0. The zero-order chi connectivity index (χ0) is 24.4. The number of benzene rings is 2. The highest BCUT2D eigenvalue weighted by Crippen LogP contribution is 2.31. The third-order valence-corrected chi connectivity index (χ3v) is 8.59. The maximum absolute atomic E-state index is 12.1. The predicted octanol–water partition coefficient (Wildman–Crippen LogP) is 4.44. The fourth-order valence-corrected chi connectivity index (χ4v) is 5.65. The van der Waals surface area contributed by atoms with Gasteiger partial charge in [0.15, 0.2) is 5.65 Å². The number of imidazole rings is 1. The van der Waals surface area contributed by atoms with E-state index in [0.717, 1.165) is 38.5 Å². The van der Waals surface area contributed by atoms with Gasteiger partial charge in [-0.2, -0.15) is 4.31 Å². The van der Waals surface area contributed by atoms with Crippen LogP contribution >= 0.6 is 15.9 Å². The number of hydrogen-bond acceptors (Lipinski definition) is 6. The summed E-state index contributed by atoms with van der Waals surface area (Å²) in [6, 6.07) is 19.8. The highest BCUT2D eigenvalue weighted by molar-refractivity contribution is 9.10. The zero-order valence-corrected chi connectivity index (χ0v) is 21.7. The molecule has 5 rings (SSSR count). The fraction of sp³-hybridized carbons (Fsp3) is 0.280. The van der Waals surface area contributed by atoms with Crippen molar-refractivity contribution in [3.05, 3.63) is 70.7 Å². The molecular formula is C25H26BrN5O3S. The molecule has 8 nitrogen and oxygen atoms in total. The molecule has 4 aromatic rings. The molecule has 0 amide bonds. The van der Waals surface area contributed by atoms with Crippen LogP contribution in [0.15, 0.2) is 65.1 Å². The molecule has 0 radical (unpaired) electrons. The molecular weight excluding hydrogens is 530 g/mol. The first-order valence-electron chi connectivity index (χ1n) is 11.5. The van der Waals surface area contributed by atoms with Crippen LogP contribution in [0.2, 0.25) is 0 Å². The summed E-state index contributed by atoms with van der Waals surface area (Å²) in [4.78, 5) is 14.9. The monoisotopic (exact) mass is 555 g/mol. The number of nitrogens with zero attached hydrogens (tertiary/aromatic N) is 4. The van der Waals surface area contributed by atoms with Gasteiger partial charge in [0.25, 0.3) is 0 Å². The van der Waals surface area contributed by atoms with Crippen LogP contribution in [0.25, 0.3) is 22.6 Å². The average Bonchev–Trinajstić information content (AvgIpc) is 3.32. The van der Waals surface area contributed by atoms with Gasteiger partial charge in [0, 0.05) is 31.7 Å². The third-order valence-electron chi connectivity index (χ3n) is 6.09. The standard InChI is InChI=1S/C25H26BrN5O3S/c1-2-35(32,33)31-14-12-30(13-15-31)23-11-9-21-25(28-23)29-24(27-21)19-8-10-22(20(26)16-19)34-17-18-6-4-3-5-7-18/h3-11,16H,2,12-15,17H2,1H3,(H,27,28,29). The summed E-state index contributed by atoms with van der Waals surface area (Å²) in [5.41, 5.74) is 3.50. The second kappa shape index (κ2) is 9.96. The highest BCUT2D eigenvalue weighted by atomic mass is 79.9. The first kappa shape index (κ1) is 23.8. The molecule has 1 aliphatic rings. The van der Waals surface area contributed by atoms with Crippen LogP contribution in [-0.2, 0) is 16.6 Å². The molecule has 0 unspecified atom stereocenters. The number of aromatic nitrogens is 3. The first-order chi connectivity index (χ1) is 16.9. The molecule has 1 aliphatic heterocycles. The van der Waals surface area contributed by atoms with Crippen LogP contribution in [-0.4, -0.2) is 59.6 Å². The Balaban J connectivity index is 1.30. The second-order valence-electron chi connectivity index (χ2n) is 8.33. The van der Waals surface area contributed by atoms with E-state index in [1.165, 1.54) is 0 Å². The Labute approximate surface area is 213 Å². The second-order valence-corrected chi connectivity index (χ2v) is 11.4. The van der Waals surface area contributed by atoms with Crippen molar-refractivity contribution in [1.82, 2.24) is 19.3 Å². The Morgan fingerprint density at radius 3 is 2.49 bits per heavy atom. The molecule has 2 aromatic carbocycles. The van der Waals surface area contributed by atoms with Crippen LogP contribution < -0.4 is 9.64 Å². The highest BCUT2D eigenvalue weighted by Gasteiger charge is 2.26. The minimum Gasteiger partial charge on any atom is -0.488 e. The summed E-state index contributed by atoms with van der Waals surface area (Å²) < 4.78 is 32.6. The summed E-state index contributed by atoms with van der Waals surface area (Å²) in [7, 11) is -3.16. The molecule has 35 heavy (non-hydrogen) atoms. The van der Waals surface area contributed by atoms with Gasteiger partial charge in [0.1, 0.15) is 29.5 Å². The summed E-state index contributed by atoms with van der Waals surface area (Å²) in [6.07, 6.45) is 0. The van der Waals surface area contributed by atoms with Crippen molar-refractivity contribution in [2.24, 2.45) is 0 Å². The first-order valence-corrected chi connectivity index (χ1v) is 13.9. The van der Waals surface area contributed by atoms with Crippen molar-refractivity contribution in [2.75, 3.05) is 36.8 Å². The van der Waals surface area contributed by atoms with Gasteiger partial charge in [-0.05, 0) is 58.7 Å². The number of aromatic amines is 1. The van der Waals surface area contributed by atoms with Gasteiger partial charge in [-0.3, -0.25) is 0 Å². The topological polar surface area (TPSA) is 91.4 Å². The van der Waals surface area contributed by atoms with Gasteiger partial charge in [-0.1, -0.05) is 30.3 Å². The number of ether oxygens (including phenoxy) is 1. The Morgan fingerprint density at radius 2 is 1.77 bits per heavy atom. The van der Waals surface area contributed by atoms with E-state index >= 15 is 0 Å². The number of hydrogen-bond donors (Lipinski definition) is 1. The molecule has 0 spiro atoms. The predicted molar refractivity (Wildman–Crippen MR) is 141 cm³/mol. The number of H-pyrrole nitrogens is 1. The van der Waals surface area contributed by atoms with E-state index in [-0.39, 0.29) is 5.75 Å². The van der Waals surface area contributed by atoms with E-state index in [1.807, 2.05) is 60.7 Å². The molecule has 0 saturated carbocycles. The molecule has 0 bridgehead atoms. The fourth-order valence-electron chi connectivity index (χ4n) is 4.08. The van der Waals surface area contributed by atoms with E-state index in [1.54, 1.807) is 11.2 Å². The van der Waals surface area contributed by atoms with Gasteiger partial charge >= 0.3 is 0 Å². The Bertz CT molecular complexity index is 1430. The zero-order valence-electron chi connectivity index (χ0n) is 19.3. The quantitative estimate of drug-likeness (QED) is 0.362. The van der Waals surface area contributed by atoms with Gasteiger partial charge in [-0.15, -0.1) is 0 Å². The lowest BCUT2D eigenvalue weighted by Crippen LogP contribution is -2.49. The molecule has 10 heteroatoms. The van der Waals surface area contributed by atoms with Crippen molar-refractivity contribution in [3.8, 4) is 17.1 Å². The van der Waals surface area contributed by atoms with Crippen molar-refractivity contribution >= 4 is 42.9 Å². The number of nitrogens with one attached hydrogen (secondary N) is 1. The average molecular weight is 556 g/mol. The number of sulfonamides is 1. The number of rotatable bonds is 7. The van der Waals surface area contributed by atoms with E-state index in [4.69, 9.17) is 14.7 Å². The van der Waals surface area contributed by atoms with Crippen molar-refractivity contribution in [2.45, 2.75) is 13.5 Å². The Hall–Kier alpha value is -2.95. The molecule has 0 aliphatic carbocycles. The van der Waals surface area contributed by atoms with E-state index < -0.39 is 10.0 Å². The third kappa shape index (κ3) is 5.19. The smallest absolute Gasteiger partial charge is 0.213 e. The van der Waals surface area contributed by atoms with Crippen molar-refractivity contribution in [1.29, 1.82) is 0 Å². The molecule has 1 saturated heterocycles. The number of fused-ring (bicyclic) bond motifs is 1. The van der Waals surface area contributed by atoms with E-state index in [0.29, 0.717) is 38.4 Å². The maximum atomic E-state index is 12.1. The van der Waals surface area contributed by atoms with Gasteiger partial charge < -0.3 is 14.6 Å². The molecule has 1 fully saturated rings. The minimum atomic E-state index is -3.16. The Kier molecular flexibility index (Phi) is 6.77. The summed E-state index contributed by atoms with van der Waals surface area (Å²) in [6.45, 7) is 4.32. The lowest BCUT2D eigenvalue weighted by atomic mass is 10.2. The normalized spacial score (nSPS) is 15.0. The largest absolute Gasteiger partial charge is 0.488 e. The number of anilines is 1. The van der Waals surface area contributed by atoms with Crippen LogP contribution in [0, 0.1) is 0 Å². The summed E-state index contributed by atoms with van der Waals surface area (Å²) >= 11 is 3.61. The minimum absolute atomic E-state index is 0.129. The van der Waals surface area contributed by atoms with Gasteiger partial charge in [0.05, 0.1) is 10.2 Å². The summed E-state index contributed by atoms with van der Waals surface area (Å²) in [5.74, 6) is 2.42. The molecule has 0 atom stereocenters. The lowest BCUT2D eigenvalue weighted by Gasteiger charge is -2.34. The molecule has 182 valence electrons. The van der Waals surface area contributed by atoms with Crippen molar-refractivity contribution < 1.29 is 13.2 Å². The molecule has 2 aromatic heterocycles. The number of pyridine rings is 1. The number of halogens is 1. The van der Waals surface area contributed by atoms with Crippen molar-refractivity contribution in [3.63, 3.8) is 0 Å². The number of piperazine rings is 1. The van der Waals surface area contributed by atoms with Gasteiger partial charge in [-0.25, -0.2) is 18.4 Å². The van der Waals surface area contributed by atoms with E-state index in [9.17, 15) is 8.42 Å². The van der Waals surface area contributed by atoms with Crippen LogP contribution in [0.5, 0.6) is 5.75 Å². The maximum Gasteiger partial charge on any atom is 0.213 e. The van der Waals surface area contributed by atoms with Gasteiger partial charge in [0.2, 0.25) is 10.0 Å². The van der Waals surface area contributed by atoms with E-state index in [2.05, 4.69) is 25.8 Å². The van der Waals surface area contributed by atoms with Crippen LogP contribution in [0.4, 0.5) is 5.82 Å². The Morgan fingerprint density at radius 1 is 1.00 bits per heavy atom. The lowest BCUT2D eigenvalue weighted by molar-refractivity contribution is 0.304. The van der Waals surface area contributed by atoms with Crippen LogP contribution in [0.3, 0.4) is 0 Å². The molecule has 1 N–H and O–H groups in total.